The minimum atomic E-state index is 1.11. The summed E-state index contributed by atoms with van der Waals surface area (Å²) in [5.74, 6) is 0. The first-order chi connectivity index (χ1) is 6.29. The first-order valence-electron chi connectivity index (χ1n) is 4.65. The topological polar surface area (TPSA) is 17.8 Å². The molecule has 0 aliphatic carbocycles. The molecular weight excluding hydrogens is 160 g/mol. The molecule has 0 spiro atoms. The summed E-state index contributed by atoms with van der Waals surface area (Å²) in [6, 6.07) is 6.21. The van der Waals surface area contributed by atoms with E-state index in [0.717, 1.165) is 5.52 Å². The number of hydrogen-bond donors (Lipinski definition) is 0. The summed E-state index contributed by atoms with van der Waals surface area (Å²) < 4.78 is 2.03. The van der Waals surface area contributed by atoms with Crippen molar-refractivity contribution in [3.8, 4) is 0 Å². The lowest BCUT2D eigenvalue weighted by atomic mass is 10.2. The van der Waals surface area contributed by atoms with Gasteiger partial charge in [0.25, 0.3) is 0 Å². The van der Waals surface area contributed by atoms with Gasteiger partial charge in [-0.15, -0.1) is 0 Å². The number of nitrogens with zero attached hydrogens (tertiary/aromatic N) is 2. The predicted molar refractivity (Wildman–Crippen MR) is 56.8 cm³/mol. The summed E-state index contributed by atoms with van der Waals surface area (Å²) in [6.45, 7) is 6.08. The Hall–Kier alpha value is -1.31. The van der Waals surface area contributed by atoms with Gasteiger partial charge in [0.2, 0.25) is 0 Å². The Kier molecular flexibility index (Phi) is 3.07. The second-order valence-corrected chi connectivity index (χ2v) is 2.80. The van der Waals surface area contributed by atoms with Gasteiger partial charge in [-0.05, 0) is 18.6 Å². The SMILES string of the molecule is CC.Cc1cccc2c1ncn2C. The zero-order valence-electron chi connectivity index (χ0n) is 8.70. The quantitative estimate of drug-likeness (QED) is 0.603. The van der Waals surface area contributed by atoms with Crippen LogP contribution in [0.1, 0.15) is 19.4 Å². The smallest absolute Gasteiger partial charge is 0.0955 e. The number of benzene rings is 1. The van der Waals surface area contributed by atoms with E-state index in [0.29, 0.717) is 0 Å². The number of hydrogen-bond acceptors (Lipinski definition) is 1. The fourth-order valence-electron chi connectivity index (χ4n) is 1.30. The summed E-state index contributed by atoms with van der Waals surface area (Å²) in [5, 5.41) is 0. The maximum atomic E-state index is 4.28. The summed E-state index contributed by atoms with van der Waals surface area (Å²) in [5.41, 5.74) is 3.54. The second-order valence-electron chi connectivity index (χ2n) is 2.80. The van der Waals surface area contributed by atoms with Crippen molar-refractivity contribution in [1.82, 2.24) is 9.55 Å². The van der Waals surface area contributed by atoms with Gasteiger partial charge < -0.3 is 4.57 Å². The minimum Gasteiger partial charge on any atom is -0.334 e. The molecular formula is C11H16N2. The Morgan fingerprint density at radius 3 is 2.54 bits per heavy atom. The van der Waals surface area contributed by atoms with Crippen LogP contribution in [-0.4, -0.2) is 9.55 Å². The molecule has 1 aromatic carbocycles. The molecule has 13 heavy (non-hydrogen) atoms. The largest absolute Gasteiger partial charge is 0.334 e. The van der Waals surface area contributed by atoms with Crippen LogP contribution in [-0.2, 0) is 7.05 Å². The first-order valence-corrected chi connectivity index (χ1v) is 4.65. The van der Waals surface area contributed by atoms with E-state index in [1.807, 2.05) is 31.8 Å². The van der Waals surface area contributed by atoms with Crippen LogP contribution in [0.25, 0.3) is 11.0 Å². The Morgan fingerprint density at radius 1 is 1.23 bits per heavy atom. The molecule has 0 N–H and O–H groups in total. The van der Waals surface area contributed by atoms with Crippen molar-refractivity contribution in [3.05, 3.63) is 30.1 Å². The highest BCUT2D eigenvalue weighted by Crippen LogP contribution is 2.14. The Labute approximate surface area is 79.2 Å². The average molecular weight is 176 g/mol. The minimum absolute atomic E-state index is 1.11. The molecule has 0 fully saturated rings. The van der Waals surface area contributed by atoms with Gasteiger partial charge in [-0.1, -0.05) is 26.0 Å². The molecule has 0 amide bonds. The van der Waals surface area contributed by atoms with Crippen LogP contribution < -0.4 is 0 Å². The van der Waals surface area contributed by atoms with E-state index < -0.39 is 0 Å². The van der Waals surface area contributed by atoms with Crippen molar-refractivity contribution in [2.24, 2.45) is 7.05 Å². The third kappa shape index (κ3) is 1.72. The zero-order chi connectivity index (χ0) is 9.84. The van der Waals surface area contributed by atoms with E-state index in [1.54, 1.807) is 0 Å². The van der Waals surface area contributed by atoms with Crippen molar-refractivity contribution in [2.45, 2.75) is 20.8 Å². The summed E-state index contributed by atoms with van der Waals surface area (Å²) in [7, 11) is 2.01. The van der Waals surface area contributed by atoms with Crippen LogP contribution >= 0.6 is 0 Å². The summed E-state index contributed by atoms with van der Waals surface area (Å²) >= 11 is 0. The molecule has 0 aliphatic rings. The fourth-order valence-corrected chi connectivity index (χ4v) is 1.30. The number of imidazole rings is 1. The number of aryl methyl sites for hydroxylation is 2. The van der Waals surface area contributed by atoms with Crippen molar-refractivity contribution >= 4 is 11.0 Å². The first kappa shape index (κ1) is 9.78. The van der Waals surface area contributed by atoms with Gasteiger partial charge in [-0.25, -0.2) is 4.98 Å². The second kappa shape index (κ2) is 4.08. The van der Waals surface area contributed by atoms with Crippen molar-refractivity contribution in [2.75, 3.05) is 0 Å². The number of para-hydroxylation sites is 1. The van der Waals surface area contributed by atoms with Gasteiger partial charge >= 0.3 is 0 Å². The summed E-state index contributed by atoms with van der Waals surface area (Å²) in [4.78, 5) is 4.28. The average Bonchev–Trinajstić information content (AvgIpc) is 2.53. The monoisotopic (exact) mass is 176 g/mol. The molecule has 0 unspecified atom stereocenters. The molecule has 2 rings (SSSR count). The third-order valence-corrected chi connectivity index (χ3v) is 1.96. The van der Waals surface area contributed by atoms with Crippen LogP contribution in [0.15, 0.2) is 24.5 Å². The lowest BCUT2D eigenvalue weighted by Gasteiger charge is -1.94. The highest BCUT2D eigenvalue weighted by Gasteiger charge is 1.99. The highest BCUT2D eigenvalue weighted by atomic mass is 15.0. The van der Waals surface area contributed by atoms with Crippen LogP contribution in [0.4, 0.5) is 0 Å². The molecule has 1 aromatic heterocycles. The van der Waals surface area contributed by atoms with Crippen LogP contribution in [0.5, 0.6) is 0 Å². The molecule has 2 aromatic rings. The molecule has 0 radical (unpaired) electrons. The van der Waals surface area contributed by atoms with Crippen LogP contribution in [0.2, 0.25) is 0 Å². The van der Waals surface area contributed by atoms with E-state index in [9.17, 15) is 0 Å². The number of aromatic nitrogens is 2. The van der Waals surface area contributed by atoms with E-state index in [4.69, 9.17) is 0 Å². The fraction of sp³-hybridized carbons (Fsp3) is 0.364. The maximum Gasteiger partial charge on any atom is 0.0955 e. The summed E-state index contributed by atoms with van der Waals surface area (Å²) in [6.07, 6.45) is 1.84. The number of fused-ring (bicyclic) bond motifs is 1. The Balaban J connectivity index is 0.000000396. The van der Waals surface area contributed by atoms with Gasteiger partial charge in [0.15, 0.2) is 0 Å². The van der Waals surface area contributed by atoms with Gasteiger partial charge in [0.05, 0.1) is 17.4 Å². The van der Waals surface area contributed by atoms with E-state index >= 15 is 0 Å². The van der Waals surface area contributed by atoms with Gasteiger partial charge in [-0.3, -0.25) is 0 Å². The van der Waals surface area contributed by atoms with Gasteiger partial charge in [-0.2, -0.15) is 0 Å². The molecule has 70 valence electrons. The molecule has 0 aliphatic heterocycles. The number of rotatable bonds is 0. The standard InChI is InChI=1S/C9H10N2.C2H6/c1-7-4-3-5-8-9(7)10-6-11(8)2;1-2/h3-6H,1-2H3;1-2H3. The molecule has 0 saturated heterocycles. The molecule has 0 bridgehead atoms. The van der Waals surface area contributed by atoms with Gasteiger partial charge in [0.1, 0.15) is 0 Å². The van der Waals surface area contributed by atoms with Crippen molar-refractivity contribution < 1.29 is 0 Å². The van der Waals surface area contributed by atoms with Gasteiger partial charge in [0, 0.05) is 7.05 Å². The van der Waals surface area contributed by atoms with Crippen molar-refractivity contribution in [3.63, 3.8) is 0 Å². The molecule has 2 nitrogen and oxygen atoms in total. The Bertz CT molecular complexity index is 388. The lowest BCUT2D eigenvalue weighted by molar-refractivity contribution is 0.948. The highest BCUT2D eigenvalue weighted by molar-refractivity contribution is 5.78. The molecule has 0 saturated carbocycles. The third-order valence-electron chi connectivity index (χ3n) is 1.96. The normalized spacial score (nSPS) is 9.54. The van der Waals surface area contributed by atoms with E-state index in [1.165, 1.54) is 11.1 Å². The lowest BCUT2D eigenvalue weighted by Crippen LogP contribution is -1.83. The van der Waals surface area contributed by atoms with Crippen LogP contribution in [0.3, 0.4) is 0 Å². The predicted octanol–water partition coefficient (Wildman–Crippen LogP) is 2.91. The van der Waals surface area contributed by atoms with Crippen molar-refractivity contribution in [1.29, 1.82) is 0 Å². The zero-order valence-corrected chi connectivity index (χ0v) is 8.70. The Morgan fingerprint density at radius 2 is 1.92 bits per heavy atom. The molecule has 0 atom stereocenters. The molecule has 1 heterocycles. The van der Waals surface area contributed by atoms with Crippen LogP contribution in [0, 0.1) is 6.92 Å². The van der Waals surface area contributed by atoms with E-state index in [-0.39, 0.29) is 0 Å². The maximum absolute atomic E-state index is 4.28. The van der Waals surface area contributed by atoms with E-state index in [2.05, 4.69) is 30.1 Å². The molecule has 2 heteroatoms.